The predicted octanol–water partition coefficient (Wildman–Crippen LogP) is 6.40. The summed E-state index contributed by atoms with van der Waals surface area (Å²) < 4.78 is 20.5. The summed E-state index contributed by atoms with van der Waals surface area (Å²) in [6, 6.07) is 12.2. The number of hydrogen-bond acceptors (Lipinski definition) is 8. The number of amides is 1. The topological polar surface area (TPSA) is 126 Å². The van der Waals surface area contributed by atoms with E-state index in [1.165, 1.54) is 11.9 Å². The Bertz CT molecular complexity index is 1600. The number of ether oxygens (including phenoxy) is 3. The van der Waals surface area contributed by atoms with Gasteiger partial charge in [-0.15, -0.1) is 0 Å². The number of aromatic nitrogens is 4. The molecule has 4 heterocycles. The molecule has 4 aromatic rings. The zero-order chi connectivity index (χ0) is 29.5. The fourth-order valence-corrected chi connectivity index (χ4v) is 6.55. The number of nitrogens with two attached hydrogens (primary N) is 1. The van der Waals surface area contributed by atoms with Gasteiger partial charge in [0, 0.05) is 11.6 Å². The Labute approximate surface area is 246 Å². The third-order valence-corrected chi connectivity index (χ3v) is 8.72. The summed E-state index contributed by atoms with van der Waals surface area (Å²) in [5.41, 5.74) is 8.83. The minimum absolute atomic E-state index is 0.0576. The standard InChI is InChI=1S/C32H40N6O4/c1-5-6-7-16-40-30(39)37-25-11-10-21-9-8-20(17-23(21)36-25)12-14-32(4)18-24(26-27(32)42-31(2,3)41-26)38-15-13-22-28(33)34-19-35-29(22)38/h8-11,13,15,17,19,24,26-27H,5-7,12,14,16,18H2,1-4H3,(H2,33,34,35)(H,36,37,39)/t24-,26+,27+,32+/m1/s1. The number of carbonyl (C=O) groups excluding carboxylic acids is 1. The number of fused-ring (bicyclic) bond motifs is 3. The fourth-order valence-electron chi connectivity index (χ4n) is 6.55. The first-order valence-corrected chi connectivity index (χ1v) is 14.9. The number of nitrogens with one attached hydrogen (secondary N) is 1. The van der Waals surface area contributed by atoms with Gasteiger partial charge >= 0.3 is 6.09 Å². The molecule has 4 atom stereocenters. The van der Waals surface area contributed by atoms with Crippen LogP contribution in [0.2, 0.25) is 0 Å². The SMILES string of the molecule is CCCCCOC(=O)Nc1ccc2ccc(CC[C@@]3(C)C[C@@H](n4ccc5c(N)ncnc54)[C@@H]4OC(C)(C)O[C@@H]43)cc2n1. The van der Waals surface area contributed by atoms with Crippen LogP contribution in [0.4, 0.5) is 16.4 Å². The molecular weight excluding hydrogens is 532 g/mol. The first-order valence-electron chi connectivity index (χ1n) is 14.9. The number of rotatable bonds is 9. The zero-order valence-corrected chi connectivity index (χ0v) is 24.8. The van der Waals surface area contributed by atoms with Crippen LogP contribution in [-0.2, 0) is 20.6 Å². The van der Waals surface area contributed by atoms with Crippen molar-refractivity contribution in [3.63, 3.8) is 0 Å². The summed E-state index contributed by atoms with van der Waals surface area (Å²) >= 11 is 0. The van der Waals surface area contributed by atoms with Gasteiger partial charge in [0.25, 0.3) is 0 Å². The molecule has 3 aromatic heterocycles. The van der Waals surface area contributed by atoms with Gasteiger partial charge in [0.15, 0.2) is 5.79 Å². The lowest BCUT2D eigenvalue weighted by Crippen LogP contribution is -2.34. The van der Waals surface area contributed by atoms with Crippen molar-refractivity contribution < 1.29 is 19.0 Å². The maximum atomic E-state index is 12.2. The Morgan fingerprint density at radius 2 is 1.98 bits per heavy atom. The van der Waals surface area contributed by atoms with Crippen LogP contribution in [0.3, 0.4) is 0 Å². The molecule has 1 aliphatic heterocycles. The zero-order valence-electron chi connectivity index (χ0n) is 24.8. The first kappa shape index (κ1) is 28.4. The summed E-state index contributed by atoms with van der Waals surface area (Å²) in [6.45, 7) is 8.80. The van der Waals surface area contributed by atoms with Crippen LogP contribution < -0.4 is 11.1 Å². The van der Waals surface area contributed by atoms with Gasteiger partial charge in [-0.2, -0.15) is 0 Å². The molecule has 0 radical (unpaired) electrons. The molecule has 222 valence electrons. The molecule has 0 spiro atoms. The average molecular weight is 573 g/mol. The maximum absolute atomic E-state index is 12.2. The molecule has 42 heavy (non-hydrogen) atoms. The molecule has 1 saturated carbocycles. The molecular formula is C32H40N6O4. The Morgan fingerprint density at radius 1 is 1.14 bits per heavy atom. The van der Waals surface area contributed by atoms with E-state index >= 15 is 0 Å². The number of unbranched alkanes of at least 4 members (excludes halogenated alkanes) is 2. The summed E-state index contributed by atoms with van der Waals surface area (Å²) in [4.78, 5) is 25.6. The lowest BCUT2D eigenvalue weighted by atomic mass is 9.80. The van der Waals surface area contributed by atoms with Crippen molar-refractivity contribution in [3.05, 3.63) is 54.5 Å². The number of aryl methyl sites for hydroxylation is 1. The van der Waals surface area contributed by atoms with Crippen LogP contribution in [0.1, 0.15) is 71.4 Å². The van der Waals surface area contributed by atoms with E-state index in [9.17, 15) is 4.79 Å². The van der Waals surface area contributed by atoms with Gasteiger partial charge < -0.3 is 24.5 Å². The third kappa shape index (κ3) is 5.53. The summed E-state index contributed by atoms with van der Waals surface area (Å²) in [6.07, 6.45) is 8.53. The largest absolute Gasteiger partial charge is 0.449 e. The van der Waals surface area contributed by atoms with Gasteiger partial charge in [-0.1, -0.05) is 38.8 Å². The monoisotopic (exact) mass is 572 g/mol. The minimum atomic E-state index is -0.667. The number of carbonyl (C=O) groups is 1. The molecule has 2 fully saturated rings. The van der Waals surface area contributed by atoms with Crippen LogP contribution in [0.15, 0.2) is 48.9 Å². The van der Waals surface area contributed by atoms with E-state index in [-0.39, 0.29) is 23.7 Å². The van der Waals surface area contributed by atoms with Crippen LogP contribution in [-0.4, -0.2) is 50.2 Å². The van der Waals surface area contributed by atoms with Crippen LogP contribution in [0.25, 0.3) is 21.9 Å². The van der Waals surface area contributed by atoms with Crippen molar-refractivity contribution in [2.75, 3.05) is 17.7 Å². The van der Waals surface area contributed by atoms with Crippen molar-refractivity contribution in [3.8, 4) is 0 Å². The lowest BCUT2D eigenvalue weighted by molar-refractivity contribution is -0.168. The highest BCUT2D eigenvalue weighted by atomic mass is 16.8. The number of pyridine rings is 1. The first-order chi connectivity index (χ1) is 20.2. The molecule has 10 heteroatoms. The third-order valence-electron chi connectivity index (χ3n) is 8.72. The Kier molecular flexibility index (Phi) is 7.53. The summed E-state index contributed by atoms with van der Waals surface area (Å²) in [7, 11) is 0. The van der Waals surface area contributed by atoms with Gasteiger partial charge in [-0.25, -0.2) is 19.7 Å². The van der Waals surface area contributed by atoms with Crippen molar-refractivity contribution >= 4 is 39.7 Å². The van der Waals surface area contributed by atoms with Crippen molar-refractivity contribution in [2.45, 2.75) is 90.3 Å². The molecule has 0 bridgehead atoms. The molecule has 6 rings (SSSR count). The van der Waals surface area contributed by atoms with Gasteiger partial charge in [0.2, 0.25) is 0 Å². The van der Waals surface area contributed by atoms with Crippen molar-refractivity contribution in [1.29, 1.82) is 0 Å². The van der Waals surface area contributed by atoms with Gasteiger partial charge in [-0.05, 0) is 74.8 Å². The predicted molar refractivity (Wildman–Crippen MR) is 162 cm³/mol. The highest BCUT2D eigenvalue weighted by molar-refractivity contribution is 5.87. The van der Waals surface area contributed by atoms with E-state index < -0.39 is 11.9 Å². The second kappa shape index (κ2) is 11.1. The Hall–Kier alpha value is -3.76. The average Bonchev–Trinajstić information content (AvgIpc) is 3.61. The summed E-state index contributed by atoms with van der Waals surface area (Å²) in [5.74, 6) is 0.294. The molecule has 3 N–H and O–H groups in total. The van der Waals surface area contributed by atoms with Gasteiger partial charge in [-0.3, -0.25) is 5.32 Å². The highest BCUT2D eigenvalue weighted by Crippen LogP contribution is 2.55. The molecule has 0 unspecified atom stereocenters. The van der Waals surface area contributed by atoms with E-state index in [1.807, 2.05) is 32.2 Å². The van der Waals surface area contributed by atoms with Gasteiger partial charge in [0.1, 0.15) is 29.7 Å². The molecule has 1 saturated heterocycles. The minimum Gasteiger partial charge on any atom is -0.449 e. The smallest absolute Gasteiger partial charge is 0.412 e. The number of nitrogen functional groups attached to an aromatic ring is 1. The lowest BCUT2D eigenvalue weighted by Gasteiger charge is -2.32. The van der Waals surface area contributed by atoms with E-state index in [0.717, 1.165) is 60.5 Å². The normalized spacial score (nSPS) is 24.7. The van der Waals surface area contributed by atoms with Crippen LogP contribution in [0, 0.1) is 5.41 Å². The van der Waals surface area contributed by atoms with Gasteiger partial charge in [0.05, 0.1) is 29.7 Å². The van der Waals surface area contributed by atoms with Crippen molar-refractivity contribution in [1.82, 2.24) is 19.5 Å². The Balaban J connectivity index is 1.19. The number of anilines is 2. The van der Waals surface area contributed by atoms with Crippen LogP contribution in [0.5, 0.6) is 0 Å². The van der Waals surface area contributed by atoms with E-state index in [1.54, 1.807) is 6.07 Å². The Morgan fingerprint density at radius 3 is 2.81 bits per heavy atom. The second-order valence-electron chi connectivity index (χ2n) is 12.4. The molecule has 10 nitrogen and oxygen atoms in total. The molecule has 1 aliphatic carbocycles. The van der Waals surface area contributed by atoms with E-state index in [0.29, 0.717) is 18.2 Å². The van der Waals surface area contributed by atoms with Crippen molar-refractivity contribution in [2.24, 2.45) is 5.41 Å². The number of benzene rings is 1. The number of nitrogens with zero attached hydrogens (tertiary/aromatic N) is 4. The van der Waals surface area contributed by atoms with E-state index in [4.69, 9.17) is 19.9 Å². The molecule has 1 aromatic carbocycles. The van der Waals surface area contributed by atoms with E-state index in [2.05, 4.69) is 56.9 Å². The number of hydrogen-bond donors (Lipinski definition) is 2. The maximum Gasteiger partial charge on any atom is 0.412 e. The fraction of sp³-hybridized carbons (Fsp3) is 0.500. The molecule has 2 aliphatic rings. The second-order valence-corrected chi connectivity index (χ2v) is 12.4. The quantitative estimate of drug-likeness (QED) is 0.221. The van der Waals surface area contributed by atoms with Crippen LogP contribution >= 0.6 is 0 Å². The highest BCUT2D eigenvalue weighted by Gasteiger charge is 2.59. The molecule has 1 amide bonds. The summed E-state index contributed by atoms with van der Waals surface area (Å²) in [5, 5.41) is 4.63.